The highest BCUT2D eigenvalue weighted by Crippen LogP contribution is 2.33. The van der Waals surface area contributed by atoms with E-state index < -0.39 is 0 Å². The second-order valence-corrected chi connectivity index (χ2v) is 6.31. The van der Waals surface area contributed by atoms with Gasteiger partial charge in [0.2, 0.25) is 0 Å². The number of piperidine rings is 1. The number of likely N-dealkylation sites (tertiary alicyclic amines) is 1. The molecular formula is C16H24INO3. The maximum atomic E-state index is 5.74. The van der Waals surface area contributed by atoms with Gasteiger partial charge in [-0.2, -0.15) is 0 Å². The molecule has 2 rings (SSSR count). The van der Waals surface area contributed by atoms with E-state index in [0.717, 1.165) is 21.6 Å². The summed E-state index contributed by atoms with van der Waals surface area (Å²) in [7, 11) is 1.63. The van der Waals surface area contributed by atoms with Crippen molar-refractivity contribution in [1.82, 2.24) is 4.90 Å². The van der Waals surface area contributed by atoms with Crippen LogP contribution in [0, 0.1) is 3.57 Å². The van der Waals surface area contributed by atoms with Gasteiger partial charge in [-0.1, -0.05) is 6.42 Å². The molecule has 0 amide bonds. The highest BCUT2D eigenvalue weighted by Gasteiger charge is 2.15. The number of ether oxygens (including phenoxy) is 3. The maximum Gasteiger partial charge on any atom is 0.188 e. The third-order valence-electron chi connectivity index (χ3n) is 3.55. The lowest BCUT2D eigenvalue weighted by Crippen LogP contribution is -2.29. The number of hydrogen-bond donors (Lipinski definition) is 0. The van der Waals surface area contributed by atoms with Crippen molar-refractivity contribution in [2.75, 3.05) is 33.6 Å². The van der Waals surface area contributed by atoms with E-state index in [4.69, 9.17) is 14.2 Å². The summed E-state index contributed by atoms with van der Waals surface area (Å²) in [5.74, 6) is 1.74. The minimum atomic E-state index is 0.259. The van der Waals surface area contributed by atoms with Crippen molar-refractivity contribution in [1.29, 1.82) is 0 Å². The topological polar surface area (TPSA) is 30.9 Å². The average molecular weight is 405 g/mol. The Balaban J connectivity index is 2.16. The molecule has 0 N–H and O–H groups in total. The van der Waals surface area contributed by atoms with Gasteiger partial charge in [0.25, 0.3) is 0 Å². The van der Waals surface area contributed by atoms with Crippen molar-refractivity contribution >= 4 is 22.6 Å². The molecular weight excluding hydrogens is 381 g/mol. The van der Waals surface area contributed by atoms with Gasteiger partial charge in [0, 0.05) is 13.7 Å². The molecule has 1 aromatic carbocycles. The number of halogens is 1. The molecule has 5 heteroatoms. The minimum Gasteiger partial charge on any atom is -0.493 e. The van der Waals surface area contributed by atoms with E-state index in [1.54, 1.807) is 7.11 Å². The van der Waals surface area contributed by atoms with Crippen LogP contribution in [0.5, 0.6) is 11.5 Å². The summed E-state index contributed by atoms with van der Waals surface area (Å²) < 4.78 is 17.4. The SMILES string of the molecule is CCOc1cc(CN2CCCCC2)cc(OCOC)c1I. The second kappa shape index (κ2) is 8.80. The Bertz CT molecular complexity index is 447. The molecule has 1 saturated heterocycles. The van der Waals surface area contributed by atoms with Crippen molar-refractivity contribution < 1.29 is 14.2 Å². The van der Waals surface area contributed by atoms with Crippen LogP contribution in [0.15, 0.2) is 12.1 Å². The van der Waals surface area contributed by atoms with Crippen molar-refractivity contribution in [3.63, 3.8) is 0 Å². The smallest absolute Gasteiger partial charge is 0.188 e. The zero-order valence-corrected chi connectivity index (χ0v) is 15.0. The molecule has 4 nitrogen and oxygen atoms in total. The Kier molecular flexibility index (Phi) is 7.06. The summed E-state index contributed by atoms with van der Waals surface area (Å²) in [6.07, 6.45) is 3.96. The van der Waals surface area contributed by atoms with Crippen LogP contribution in [-0.4, -0.2) is 38.5 Å². The predicted molar refractivity (Wildman–Crippen MR) is 92.0 cm³/mol. The third kappa shape index (κ3) is 5.00. The van der Waals surface area contributed by atoms with Crippen LogP contribution in [0.3, 0.4) is 0 Å². The Morgan fingerprint density at radius 3 is 2.38 bits per heavy atom. The van der Waals surface area contributed by atoms with E-state index in [0.29, 0.717) is 6.61 Å². The van der Waals surface area contributed by atoms with Gasteiger partial charge in [0.05, 0.1) is 10.2 Å². The molecule has 0 saturated carbocycles. The summed E-state index contributed by atoms with van der Waals surface area (Å²) in [5.41, 5.74) is 1.24. The van der Waals surface area contributed by atoms with Crippen molar-refractivity contribution in [2.24, 2.45) is 0 Å². The molecule has 1 aliphatic rings. The van der Waals surface area contributed by atoms with E-state index in [-0.39, 0.29) is 6.79 Å². The fourth-order valence-electron chi connectivity index (χ4n) is 2.58. The quantitative estimate of drug-likeness (QED) is 0.512. The number of methoxy groups -OCH3 is 1. The molecule has 21 heavy (non-hydrogen) atoms. The average Bonchev–Trinajstić information content (AvgIpc) is 2.50. The van der Waals surface area contributed by atoms with Crippen LogP contribution in [0.25, 0.3) is 0 Å². The molecule has 0 radical (unpaired) electrons. The Morgan fingerprint density at radius 2 is 1.76 bits per heavy atom. The lowest BCUT2D eigenvalue weighted by atomic mass is 10.1. The Morgan fingerprint density at radius 1 is 1.10 bits per heavy atom. The number of hydrogen-bond acceptors (Lipinski definition) is 4. The van der Waals surface area contributed by atoms with Crippen LogP contribution >= 0.6 is 22.6 Å². The highest BCUT2D eigenvalue weighted by atomic mass is 127. The monoisotopic (exact) mass is 405 g/mol. The van der Waals surface area contributed by atoms with Gasteiger partial charge < -0.3 is 14.2 Å². The molecule has 0 aliphatic carbocycles. The first-order valence-corrected chi connectivity index (χ1v) is 8.61. The second-order valence-electron chi connectivity index (χ2n) is 5.23. The first-order chi connectivity index (χ1) is 10.2. The van der Waals surface area contributed by atoms with Crippen LogP contribution in [-0.2, 0) is 11.3 Å². The largest absolute Gasteiger partial charge is 0.493 e. The van der Waals surface area contributed by atoms with Crippen LogP contribution < -0.4 is 9.47 Å². The summed E-state index contributed by atoms with van der Waals surface area (Å²) >= 11 is 2.27. The van der Waals surface area contributed by atoms with Gasteiger partial charge in [-0.3, -0.25) is 4.90 Å². The number of rotatable bonds is 7. The normalized spacial score (nSPS) is 16.0. The lowest BCUT2D eigenvalue weighted by Gasteiger charge is -2.27. The Hall–Kier alpha value is -0.530. The molecule has 0 unspecified atom stereocenters. The van der Waals surface area contributed by atoms with Crippen LogP contribution in [0.4, 0.5) is 0 Å². The lowest BCUT2D eigenvalue weighted by molar-refractivity contribution is 0.0501. The first kappa shape index (κ1) is 16.8. The predicted octanol–water partition coefficient (Wildman–Crippen LogP) is 3.66. The van der Waals surface area contributed by atoms with Crippen molar-refractivity contribution in [3.8, 4) is 11.5 Å². The minimum absolute atomic E-state index is 0.259. The van der Waals surface area contributed by atoms with E-state index in [1.807, 2.05) is 6.92 Å². The fraction of sp³-hybridized carbons (Fsp3) is 0.625. The molecule has 1 aliphatic heterocycles. The maximum absolute atomic E-state index is 5.74. The Labute approximate surface area is 140 Å². The van der Waals surface area contributed by atoms with Gasteiger partial charge in [-0.05, 0) is 73.1 Å². The van der Waals surface area contributed by atoms with Crippen molar-refractivity contribution in [2.45, 2.75) is 32.7 Å². The van der Waals surface area contributed by atoms with E-state index in [9.17, 15) is 0 Å². The highest BCUT2D eigenvalue weighted by molar-refractivity contribution is 14.1. The summed E-state index contributed by atoms with van der Waals surface area (Å²) in [6, 6.07) is 4.25. The number of benzene rings is 1. The van der Waals surface area contributed by atoms with Gasteiger partial charge in [0.15, 0.2) is 6.79 Å². The molecule has 118 valence electrons. The first-order valence-electron chi connectivity index (χ1n) is 7.54. The number of nitrogens with zero attached hydrogens (tertiary/aromatic N) is 1. The molecule has 1 aromatic rings. The zero-order valence-electron chi connectivity index (χ0n) is 12.9. The van der Waals surface area contributed by atoms with Gasteiger partial charge in [-0.15, -0.1) is 0 Å². The fourth-order valence-corrected chi connectivity index (χ4v) is 3.20. The molecule has 0 aromatic heterocycles. The standard InChI is InChI=1S/C16H24INO3/c1-3-20-14-9-13(11-18-7-5-4-6-8-18)10-15(16(14)17)21-12-19-2/h9-10H,3-8,11-12H2,1-2H3. The van der Waals surface area contributed by atoms with E-state index >= 15 is 0 Å². The summed E-state index contributed by atoms with van der Waals surface area (Å²) in [6.45, 7) is 6.25. The van der Waals surface area contributed by atoms with Gasteiger partial charge in [0.1, 0.15) is 11.5 Å². The van der Waals surface area contributed by atoms with Crippen molar-refractivity contribution in [3.05, 3.63) is 21.3 Å². The summed E-state index contributed by atoms with van der Waals surface area (Å²) in [5, 5.41) is 0. The van der Waals surface area contributed by atoms with Gasteiger partial charge >= 0.3 is 0 Å². The van der Waals surface area contributed by atoms with Crippen LogP contribution in [0.2, 0.25) is 0 Å². The van der Waals surface area contributed by atoms with Gasteiger partial charge in [-0.25, -0.2) is 0 Å². The molecule has 0 atom stereocenters. The molecule has 1 heterocycles. The third-order valence-corrected chi connectivity index (χ3v) is 4.62. The van der Waals surface area contributed by atoms with E-state index in [2.05, 4.69) is 39.6 Å². The zero-order chi connectivity index (χ0) is 15.1. The van der Waals surface area contributed by atoms with E-state index in [1.165, 1.54) is 37.9 Å². The molecule has 0 bridgehead atoms. The molecule has 0 spiro atoms. The summed E-state index contributed by atoms with van der Waals surface area (Å²) in [4.78, 5) is 2.50. The van der Waals surface area contributed by atoms with Crippen LogP contribution in [0.1, 0.15) is 31.7 Å². The molecule has 1 fully saturated rings.